The highest BCUT2D eigenvalue weighted by molar-refractivity contribution is 6.45. The van der Waals surface area contributed by atoms with Crippen LogP contribution >= 0.6 is 0 Å². The number of rotatable bonds is 6. The monoisotopic (exact) mass is 374 g/mol. The van der Waals surface area contributed by atoms with Crippen LogP contribution in [0.4, 0.5) is 0 Å². The minimum Gasteiger partial charge on any atom is -0.403 e. The van der Waals surface area contributed by atoms with Crippen LogP contribution in [0.5, 0.6) is 0 Å². The molecule has 1 N–H and O–H groups in total. The van der Waals surface area contributed by atoms with Gasteiger partial charge in [0, 0.05) is 5.92 Å². The van der Waals surface area contributed by atoms with Crippen molar-refractivity contribution < 1.29 is 14.4 Å². The minimum atomic E-state index is -0.322. The summed E-state index contributed by atoms with van der Waals surface area (Å²) < 4.78 is 12.5. The summed E-state index contributed by atoms with van der Waals surface area (Å²) in [6.07, 6.45) is 13.9. The molecule has 0 amide bonds. The van der Waals surface area contributed by atoms with Gasteiger partial charge in [0.25, 0.3) is 0 Å². The predicted octanol–water partition coefficient (Wildman–Crippen LogP) is 5.84. The SMILES string of the molecule is CCCCC1=C(/C2=C/CCCCCC2)[C@@H](CB2OC(C)(C)C(C)(C)O2)[C@@H]1O. The summed E-state index contributed by atoms with van der Waals surface area (Å²) in [5.41, 5.74) is 3.65. The predicted molar refractivity (Wildman–Crippen MR) is 113 cm³/mol. The normalized spacial score (nSPS) is 32.5. The van der Waals surface area contributed by atoms with E-state index in [1.807, 2.05) is 0 Å². The summed E-state index contributed by atoms with van der Waals surface area (Å²) in [6, 6.07) is 0. The molecule has 0 aromatic carbocycles. The zero-order chi connectivity index (χ0) is 19.7. The van der Waals surface area contributed by atoms with E-state index in [2.05, 4.69) is 40.7 Å². The van der Waals surface area contributed by atoms with Crippen LogP contribution in [0.25, 0.3) is 0 Å². The lowest BCUT2D eigenvalue weighted by molar-refractivity contribution is 0.00578. The lowest BCUT2D eigenvalue weighted by Crippen LogP contribution is -2.41. The molecule has 0 spiro atoms. The third-order valence-corrected chi connectivity index (χ3v) is 7.14. The van der Waals surface area contributed by atoms with E-state index in [0.29, 0.717) is 0 Å². The summed E-state index contributed by atoms with van der Waals surface area (Å²) in [6.45, 7) is 10.6. The van der Waals surface area contributed by atoms with E-state index in [1.54, 1.807) is 0 Å². The molecule has 0 saturated carbocycles. The number of hydrogen-bond acceptors (Lipinski definition) is 3. The summed E-state index contributed by atoms with van der Waals surface area (Å²) in [5, 5.41) is 10.9. The largest absolute Gasteiger partial charge is 0.458 e. The van der Waals surface area contributed by atoms with Crippen molar-refractivity contribution in [3.05, 3.63) is 22.8 Å². The Balaban J connectivity index is 1.78. The van der Waals surface area contributed by atoms with E-state index in [4.69, 9.17) is 9.31 Å². The molecule has 1 saturated heterocycles. The van der Waals surface area contributed by atoms with Crippen molar-refractivity contribution in [2.45, 2.75) is 116 Å². The average molecular weight is 374 g/mol. The van der Waals surface area contributed by atoms with Crippen molar-refractivity contribution in [3.63, 3.8) is 0 Å². The van der Waals surface area contributed by atoms with Crippen LogP contribution in [-0.4, -0.2) is 29.5 Å². The van der Waals surface area contributed by atoms with Gasteiger partial charge in [-0.05, 0) is 89.3 Å². The number of aliphatic hydroxyl groups excluding tert-OH is 1. The van der Waals surface area contributed by atoms with Crippen molar-refractivity contribution in [2.75, 3.05) is 0 Å². The Bertz CT molecular complexity index is 574. The van der Waals surface area contributed by atoms with Crippen LogP contribution < -0.4 is 0 Å². The number of unbranched alkanes of at least 4 members (excludes halogenated alkanes) is 1. The van der Waals surface area contributed by atoms with Gasteiger partial charge in [0.15, 0.2) is 0 Å². The van der Waals surface area contributed by atoms with Crippen LogP contribution in [0.3, 0.4) is 0 Å². The molecule has 4 heteroatoms. The Morgan fingerprint density at radius 1 is 1.07 bits per heavy atom. The lowest BCUT2D eigenvalue weighted by Gasteiger charge is -2.41. The molecule has 3 aliphatic rings. The molecule has 2 atom stereocenters. The third kappa shape index (κ3) is 4.38. The zero-order valence-electron chi connectivity index (χ0n) is 18.1. The molecule has 27 heavy (non-hydrogen) atoms. The molecule has 0 bridgehead atoms. The lowest BCUT2D eigenvalue weighted by atomic mass is 9.60. The van der Waals surface area contributed by atoms with Gasteiger partial charge < -0.3 is 14.4 Å². The van der Waals surface area contributed by atoms with Crippen molar-refractivity contribution in [1.82, 2.24) is 0 Å². The van der Waals surface area contributed by atoms with E-state index in [0.717, 1.165) is 25.6 Å². The second-order valence-electron chi connectivity index (χ2n) is 9.70. The van der Waals surface area contributed by atoms with E-state index in [-0.39, 0.29) is 30.3 Å². The second kappa shape index (κ2) is 8.43. The van der Waals surface area contributed by atoms with Crippen LogP contribution in [0.2, 0.25) is 6.32 Å². The number of aliphatic hydroxyl groups is 1. The molecule has 152 valence electrons. The first-order chi connectivity index (χ1) is 12.8. The topological polar surface area (TPSA) is 38.7 Å². The minimum absolute atomic E-state index is 0.164. The summed E-state index contributed by atoms with van der Waals surface area (Å²) >= 11 is 0. The molecule has 0 aromatic heterocycles. The smallest absolute Gasteiger partial charge is 0.403 e. The molecule has 1 fully saturated rings. The van der Waals surface area contributed by atoms with Crippen LogP contribution in [-0.2, 0) is 9.31 Å². The Kier molecular flexibility index (Phi) is 6.60. The maximum absolute atomic E-state index is 10.9. The van der Waals surface area contributed by atoms with Gasteiger partial charge in [-0.2, -0.15) is 0 Å². The highest BCUT2D eigenvalue weighted by Gasteiger charge is 2.53. The Labute approximate surface area is 166 Å². The maximum atomic E-state index is 10.9. The fraction of sp³-hybridized carbons (Fsp3) is 0.826. The molecule has 0 radical (unpaired) electrons. The molecular weight excluding hydrogens is 335 g/mol. The Morgan fingerprint density at radius 3 is 2.41 bits per heavy atom. The Morgan fingerprint density at radius 2 is 1.74 bits per heavy atom. The van der Waals surface area contributed by atoms with Gasteiger partial charge >= 0.3 is 7.12 Å². The van der Waals surface area contributed by atoms with Gasteiger partial charge in [0.2, 0.25) is 0 Å². The summed E-state index contributed by atoms with van der Waals surface area (Å²) in [7, 11) is -0.230. The van der Waals surface area contributed by atoms with Gasteiger partial charge in [0.05, 0.1) is 17.3 Å². The van der Waals surface area contributed by atoms with Crippen molar-refractivity contribution in [1.29, 1.82) is 0 Å². The van der Waals surface area contributed by atoms with E-state index in [1.165, 1.54) is 55.2 Å². The van der Waals surface area contributed by atoms with Crippen molar-refractivity contribution in [3.8, 4) is 0 Å². The first-order valence-electron chi connectivity index (χ1n) is 11.2. The highest BCUT2D eigenvalue weighted by Crippen LogP contribution is 2.48. The summed E-state index contributed by atoms with van der Waals surface area (Å²) in [4.78, 5) is 0. The van der Waals surface area contributed by atoms with Gasteiger partial charge in [-0.3, -0.25) is 0 Å². The quantitative estimate of drug-likeness (QED) is 0.594. The van der Waals surface area contributed by atoms with E-state index < -0.39 is 0 Å². The van der Waals surface area contributed by atoms with E-state index in [9.17, 15) is 5.11 Å². The maximum Gasteiger partial charge on any atom is 0.458 e. The molecule has 1 aliphatic heterocycles. The van der Waals surface area contributed by atoms with Crippen molar-refractivity contribution in [2.24, 2.45) is 5.92 Å². The van der Waals surface area contributed by atoms with Gasteiger partial charge in [-0.1, -0.05) is 32.3 Å². The van der Waals surface area contributed by atoms with Crippen LogP contribution in [0.15, 0.2) is 22.8 Å². The molecule has 3 nitrogen and oxygen atoms in total. The fourth-order valence-electron chi connectivity index (χ4n) is 4.75. The fourth-order valence-corrected chi connectivity index (χ4v) is 4.75. The molecule has 2 aliphatic carbocycles. The first-order valence-corrected chi connectivity index (χ1v) is 11.2. The first kappa shape index (κ1) is 21.1. The molecule has 1 heterocycles. The van der Waals surface area contributed by atoms with Crippen LogP contribution in [0, 0.1) is 5.92 Å². The Hall–Kier alpha value is -0.575. The van der Waals surface area contributed by atoms with E-state index >= 15 is 0 Å². The number of hydrogen-bond donors (Lipinski definition) is 1. The second-order valence-corrected chi connectivity index (χ2v) is 9.70. The van der Waals surface area contributed by atoms with Gasteiger partial charge in [0.1, 0.15) is 0 Å². The number of allylic oxidation sites excluding steroid dienone is 2. The molecular formula is C23H39BO3. The highest BCUT2D eigenvalue weighted by atomic mass is 16.7. The molecule has 0 aromatic rings. The standard InChI is InChI=1S/C23H39BO3/c1-6-7-15-18-20(17-13-11-9-8-10-12-14-17)19(21(18)25)16-24-26-22(2,3)23(4,5)27-24/h13,19,21,25H,6-12,14-16H2,1-5H3/b17-13+/t19-,21-/m1/s1. The zero-order valence-corrected chi connectivity index (χ0v) is 18.1. The van der Waals surface area contributed by atoms with Crippen molar-refractivity contribution >= 4 is 7.12 Å². The van der Waals surface area contributed by atoms with Crippen LogP contribution in [0.1, 0.15) is 92.4 Å². The van der Waals surface area contributed by atoms with Gasteiger partial charge in [-0.15, -0.1) is 0 Å². The van der Waals surface area contributed by atoms with Gasteiger partial charge in [-0.25, -0.2) is 0 Å². The summed E-state index contributed by atoms with van der Waals surface area (Å²) in [5.74, 6) is 0.164. The molecule has 3 rings (SSSR count). The molecule has 0 unspecified atom stereocenters. The average Bonchev–Trinajstić information content (AvgIpc) is 2.77. The third-order valence-electron chi connectivity index (χ3n) is 7.14.